The Morgan fingerprint density at radius 1 is 0.889 bits per heavy atom. The number of allylic oxidation sites excluding steroid dienone is 1. The molecule has 0 spiro atoms. The fourth-order valence-corrected chi connectivity index (χ4v) is 1.65. The lowest BCUT2D eigenvalue weighted by atomic mass is 10.0. The minimum absolute atomic E-state index is 0.165. The zero-order chi connectivity index (χ0) is 12.8. The van der Waals surface area contributed by atoms with Crippen molar-refractivity contribution in [3.8, 4) is 0 Å². The molecular formula is C16H12O2. The molecule has 2 aromatic carbocycles. The number of benzene rings is 2. The lowest BCUT2D eigenvalue weighted by Crippen LogP contribution is -1.99. The molecule has 0 bridgehead atoms. The van der Waals surface area contributed by atoms with Crippen LogP contribution in [0.15, 0.2) is 60.7 Å². The molecule has 0 atom stereocenters. The van der Waals surface area contributed by atoms with E-state index in [1.165, 1.54) is 6.08 Å². The van der Waals surface area contributed by atoms with Crippen LogP contribution in [-0.4, -0.2) is 12.1 Å². The van der Waals surface area contributed by atoms with Gasteiger partial charge in [-0.1, -0.05) is 60.7 Å². The van der Waals surface area contributed by atoms with Crippen molar-refractivity contribution in [1.82, 2.24) is 0 Å². The van der Waals surface area contributed by atoms with Crippen LogP contribution in [0, 0.1) is 0 Å². The van der Waals surface area contributed by atoms with Crippen LogP contribution in [0.25, 0.3) is 6.08 Å². The normalized spacial score (nSPS) is 10.4. The Bertz CT molecular complexity index is 583. The minimum Gasteiger partial charge on any atom is -0.298 e. The topological polar surface area (TPSA) is 34.1 Å². The van der Waals surface area contributed by atoms with E-state index in [0.29, 0.717) is 17.4 Å². The average Bonchev–Trinajstić information content (AvgIpc) is 2.45. The number of rotatable bonds is 4. The van der Waals surface area contributed by atoms with E-state index < -0.39 is 0 Å². The SMILES string of the molecule is O=Cc1ccccc1C(=O)C=Cc1ccccc1. The standard InChI is InChI=1S/C16H12O2/c17-12-14-8-4-5-9-15(14)16(18)11-10-13-6-2-1-3-7-13/h1-12H. The molecule has 0 saturated carbocycles. The van der Waals surface area contributed by atoms with Gasteiger partial charge in [0.05, 0.1) is 0 Å². The highest BCUT2D eigenvalue weighted by atomic mass is 16.1. The lowest BCUT2D eigenvalue weighted by Gasteiger charge is -1.99. The summed E-state index contributed by atoms with van der Waals surface area (Å²) in [6.07, 6.45) is 3.92. The highest BCUT2D eigenvalue weighted by Gasteiger charge is 2.06. The van der Waals surface area contributed by atoms with Crippen molar-refractivity contribution in [1.29, 1.82) is 0 Å². The zero-order valence-electron chi connectivity index (χ0n) is 9.74. The Morgan fingerprint density at radius 2 is 1.56 bits per heavy atom. The van der Waals surface area contributed by atoms with Crippen molar-refractivity contribution in [3.05, 3.63) is 77.4 Å². The van der Waals surface area contributed by atoms with E-state index in [2.05, 4.69) is 0 Å². The minimum atomic E-state index is -0.165. The van der Waals surface area contributed by atoms with Crippen LogP contribution in [0.5, 0.6) is 0 Å². The number of hydrogen-bond donors (Lipinski definition) is 0. The summed E-state index contributed by atoms with van der Waals surface area (Å²) < 4.78 is 0. The Kier molecular flexibility index (Phi) is 3.82. The Labute approximate surface area is 106 Å². The number of aldehydes is 1. The monoisotopic (exact) mass is 236 g/mol. The van der Waals surface area contributed by atoms with Crippen LogP contribution >= 0.6 is 0 Å². The van der Waals surface area contributed by atoms with E-state index in [0.717, 1.165) is 5.56 Å². The van der Waals surface area contributed by atoms with Gasteiger partial charge in [-0.2, -0.15) is 0 Å². The molecule has 0 fully saturated rings. The first kappa shape index (κ1) is 12.0. The highest BCUT2D eigenvalue weighted by molar-refractivity contribution is 6.10. The molecular weight excluding hydrogens is 224 g/mol. The predicted molar refractivity (Wildman–Crippen MR) is 71.6 cm³/mol. The maximum absolute atomic E-state index is 12.0. The Morgan fingerprint density at radius 3 is 2.28 bits per heavy atom. The summed E-state index contributed by atoms with van der Waals surface area (Å²) in [5.41, 5.74) is 1.80. The Balaban J connectivity index is 2.22. The first-order chi connectivity index (χ1) is 8.81. The second-order valence-corrected chi connectivity index (χ2v) is 3.81. The van der Waals surface area contributed by atoms with Crippen LogP contribution < -0.4 is 0 Å². The molecule has 0 aliphatic carbocycles. The van der Waals surface area contributed by atoms with Gasteiger partial charge in [-0.25, -0.2) is 0 Å². The van der Waals surface area contributed by atoms with Gasteiger partial charge in [0, 0.05) is 11.1 Å². The summed E-state index contributed by atoms with van der Waals surface area (Å²) >= 11 is 0. The molecule has 2 rings (SSSR count). The van der Waals surface area contributed by atoms with Crippen LogP contribution in [-0.2, 0) is 0 Å². The van der Waals surface area contributed by atoms with E-state index in [4.69, 9.17) is 0 Å². The van der Waals surface area contributed by atoms with Crippen molar-refractivity contribution in [2.75, 3.05) is 0 Å². The van der Waals surface area contributed by atoms with Gasteiger partial charge in [-0.15, -0.1) is 0 Å². The summed E-state index contributed by atoms with van der Waals surface area (Å²) in [6.45, 7) is 0. The van der Waals surface area contributed by atoms with E-state index in [1.807, 2.05) is 30.3 Å². The van der Waals surface area contributed by atoms with Crippen LogP contribution in [0.1, 0.15) is 26.3 Å². The summed E-state index contributed by atoms with van der Waals surface area (Å²) in [5, 5.41) is 0. The molecule has 0 radical (unpaired) electrons. The van der Waals surface area contributed by atoms with Gasteiger partial charge in [-0.3, -0.25) is 9.59 Å². The third kappa shape index (κ3) is 2.80. The van der Waals surface area contributed by atoms with E-state index in [1.54, 1.807) is 30.3 Å². The fourth-order valence-electron chi connectivity index (χ4n) is 1.65. The molecule has 0 aromatic heterocycles. The summed E-state index contributed by atoms with van der Waals surface area (Å²) in [4.78, 5) is 22.8. The Hall–Kier alpha value is -2.48. The van der Waals surface area contributed by atoms with Gasteiger partial charge in [0.1, 0.15) is 0 Å². The third-order valence-corrected chi connectivity index (χ3v) is 2.58. The lowest BCUT2D eigenvalue weighted by molar-refractivity contribution is 0.103. The molecule has 0 aliphatic rings. The molecule has 88 valence electrons. The number of hydrogen-bond acceptors (Lipinski definition) is 2. The van der Waals surface area contributed by atoms with E-state index >= 15 is 0 Å². The van der Waals surface area contributed by atoms with Crippen LogP contribution in [0.4, 0.5) is 0 Å². The van der Waals surface area contributed by atoms with Crippen LogP contribution in [0.3, 0.4) is 0 Å². The summed E-state index contributed by atoms with van der Waals surface area (Å²) in [7, 11) is 0. The first-order valence-electron chi connectivity index (χ1n) is 5.63. The molecule has 2 nitrogen and oxygen atoms in total. The maximum Gasteiger partial charge on any atom is 0.186 e. The quantitative estimate of drug-likeness (QED) is 0.463. The van der Waals surface area contributed by atoms with Crippen molar-refractivity contribution in [3.63, 3.8) is 0 Å². The molecule has 0 saturated heterocycles. The first-order valence-corrected chi connectivity index (χ1v) is 5.63. The second-order valence-electron chi connectivity index (χ2n) is 3.81. The molecule has 2 heteroatoms. The molecule has 0 aliphatic heterocycles. The van der Waals surface area contributed by atoms with Crippen LogP contribution in [0.2, 0.25) is 0 Å². The summed E-state index contributed by atoms with van der Waals surface area (Å²) in [6, 6.07) is 16.3. The maximum atomic E-state index is 12.0. The summed E-state index contributed by atoms with van der Waals surface area (Å²) in [5.74, 6) is -0.165. The molecule has 18 heavy (non-hydrogen) atoms. The number of ketones is 1. The predicted octanol–water partition coefficient (Wildman–Crippen LogP) is 3.40. The van der Waals surface area contributed by atoms with E-state index in [-0.39, 0.29) is 5.78 Å². The van der Waals surface area contributed by atoms with Gasteiger partial charge in [0.15, 0.2) is 12.1 Å². The smallest absolute Gasteiger partial charge is 0.186 e. The molecule has 0 heterocycles. The third-order valence-electron chi connectivity index (χ3n) is 2.58. The van der Waals surface area contributed by atoms with Crippen molar-refractivity contribution >= 4 is 18.1 Å². The van der Waals surface area contributed by atoms with Crippen molar-refractivity contribution < 1.29 is 9.59 Å². The van der Waals surface area contributed by atoms with Gasteiger partial charge in [-0.05, 0) is 11.6 Å². The molecule has 0 amide bonds. The number of carbonyl (C=O) groups excluding carboxylic acids is 2. The molecule has 0 N–H and O–H groups in total. The second kappa shape index (κ2) is 5.73. The van der Waals surface area contributed by atoms with Crippen molar-refractivity contribution in [2.24, 2.45) is 0 Å². The van der Waals surface area contributed by atoms with Gasteiger partial charge in [0.25, 0.3) is 0 Å². The van der Waals surface area contributed by atoms with E-state index in [9.17, 15) is 9.59 Å². The molecule has 2 aromatic rings. The number of carbonyl (C=O) groups is 2. The molecule has 0 unspecified atom stereocenters. The van der Waals surface area contributed by atoms with Gasteiger partial charge >= 0.3 is 0 Å². The van der Waals surface area contributed by atoms with Gasteiger partial charge in [0.2, 0.25) is 0 Å². The largest absolute Gasteiger partial charge is 0.298 e. The highest BCUT2D eigenvalue weighted by Crippen LogP contribution is 2.09. The fraction of sp³-hybridized carbons (Fsp3) is 0. The average molecular weight is 236 g/mol. The van der Waals surface area contributed by atoms with Gasteiger partial charge < -0.3 is 0 Å². The zero-order valence-corrected chi connectivity index (χ0v) is 9.74. The van der Waals surface area contributed by atoms with Crippen molar-refractivity contribution in [2.45, 2.75) is 0 Å².